The molecule has 0 radical (unpaired) electrons. The van der Waals surface area contributed by atoms with Crippen molar-refractivity contribution in [3.05, 3.63) is 18.2 Å². The van der Waals surface area contributed by atoms with Crippen LogP contribution in [0.3, 0.4) is 0 Å². The summed E-state index contributed by atoms with van der Waals surface area (Å²) in [6.07, 6.45) is 1.06. The molecule has 0 saturated heterocycles. The van der Waals surface area contributed by atoms with Crippen LogP contribution in [0.4, 0.5) is 0 Å². The summed E-state index contributed by atoms with van der Waals surface area (Å²) in [5, 5.41) is 33.7. The van der Waals surface area contributed by atoms with Crippen LogP contribution in [0.2, 0.25) is 0 Å². The maximum atomic E-state index is 12.8. The second-order valence-corrected chi connectivity index (χ2v) is 7.82. The van der Waals surface area contributed by atoms with Crippen molar-refractivity contribution in [1.82, 2.24) is 25.9 Å². The van der Waals surface area contributed by atoms with Gasteiger partial charge < -0.3 is 42.0 Å². The van der Waals surface area contributed by atoms with Crippen LogP contribution in [0, 0.1) is 0 Å². The van der Waals surface area contributed by atoms with Crippen LogP contribution >= 0.6 is 12.6 Å². The van der Waals surface area contributed by atoms with Crippen molar-refractivity contribution >= 4 is 48.3 Å². The molecule has 35 heavy (non-hydrogen) atoms. The molecule has 0 aliphatic carbocycles. The molecule has 1 aromatic heterocycles. The number of nitrogens with two attached hydrogens (primary N) is 1. The van der Waals surface area contributed by atoms with Crippen molar-refractivity contribution < 1.29 is 44.1 Å². The van der Waals surface area contributed by atoms with Crippen LogP contribution in [0.15, 0.2) is 12.5 Å². The van der Waals surface area contributed by atoms with E-state index in [9.17, 15) is 28.8 Å². The number of nitrogens with zero attached hydrogens (tertiary/aromatic N) is 1. The second-order valence-electron chi connectivity index (χ2n) is 7.46. The van der Waals surface area contributed by atoms with Gasteiger partial charge in [0.15, 0.2) is 0 Å². The van der Waals surface area contributed by atoms with Gasteiger partial charge in [-0.05, 0) is 12.8 Å². The minimum Gasteiger partial charge on any atom is -0.481 e. The molecule has 1 heterocycles. The van der Waals surface area contributed by atoms with E-state index in [2.05, 4.69) is 38.5 Å². The van der Waals surface area contributed by atoms with Gasteiger partial charge in [0.2, 0.25) is 17.7 Å². The summed E-state index contributed by atoms with van der Waals surface area (Å²) < 4.78 is 0. The molecule has 3 amide bonds. The van der Waals surface area contributed by atoms with Gasteiger partial charge in [0.05, 0.1) is 12.4 Å². The zero-order valence-electron chi connectivity index (χ0n) is 18.5. The zero-order chi connectivity index (χ0) is 26.5. The third-order valence-corrected chi connectivity index (χ3v) is 5.05. The van der Waals surface area contributed by atoms with Crippen molar-refractivity contribution in [1.29, 1.82) is 0 Å². The average molecular weight is 517 g/mol. The quantitative estimate of drug-likeness (QED) is 0.104. The predicted octanol–water partition coefficient (Wildman–Crippen LogP) is -2.52. The number of aromatic amines is 1. The van der Waals surface area contributed by atoms with Crippen LogP contribution in [-0.4, -0.2) is 90.8 Å². The summed E-state index contributed by atoms with van der Waals surface area (Å²) in [6.45, 7) is 0. The molecule has 4 atom stereocenters. The van der Waals surface area contributed by atoms with Crippen molar-refractivity contribution in [2.45, 2.75) is 56.3 Å². The number of imidazole rings is 1. The van der Waals surface area contributed by atoms with Gasteiger partial charge in [0.25, 0.3) is 0 Å². The van der Waals surface area contributed by atoms with Gasteiger partial charge in [-0.1, -0.05) is 0 Å². The summed E-state index contributed by atoms with van der Waals surface area (Å²) in [6, 6.07) is -5.43. The number of hydrogen-bond donors (Lipinski definition) is 9. The third-order valence-electron chi connectivity index (χ3n) is 4.69. The van der Waals surface area contributed by atoms with E-state index in [1.165, 1.54) is 12.5 Å². The Morgan fingerprint density at radius 3 is 1.77 bits per heavy atom. The monoisotopic (exact) mass is 516 g/mol. The number of aliphatic carboxylic acids is 3. The molecule has 0 aliphatic heterocycles. The highest BCUT2D eigenvalue weighted by Crippen LogP contribution is 2.05. The summed E-state index contributed by atoms with van der Waals surface area (Å²) in [5.74, 6) is -6.94. The van der Waals surface area contributed by atoms with Gasteiger partial charge >= 0.3 is 17.9 Å². The number of rotatable bonds is 16. The molecule has 0 aliphatic rings. The molecule has 15 nitrogen and oxygen atoms in total. The summed E-state index contributed by atoms with van der Waals surface area (Å²) >= 11 is 3.82. The fourth-order valence-electron chi connectivity index (χ4n) is 2.81. The van der Waals surface area contributed by atoms with E-state index in [0.29, 0.717) is 5.69 Å². The van der Waals surface area contributed by atoms with E-state index in [-0.39, 0.29) is 18.6 Å². The first-order valence-electron chi connectivity index (χ1n) is 10.4. The Kier molecular flexibility index (Phi) is 12.2. The lowest BCUT2D eigenvalue weighted by Crippen LogP contribution is -2.57. The van der Waals surface area contributed by atoms with Crippen molar-refractivity contribution in [3.63, 3.8) is 0 Å². The lowest BCUT2D eigenvalue weighted by Gasteiger charge is -2.24. The smallest absolute Gasteiger partial charge is 0.327 e. The number of hydrogen-bond acceptors (Lipinski definition) is 9. The summed E-state index contributed by atoms with van der Waals surface area (Å²) in [5.41, 5.74) is 6.39. The highest BCUT2D eigenvalue weighted by atomic mass is 32.1. The molecule has 0 fully saturated rings. The molecule has 4 unspecified atom stereocenters. The van der Waals surface area contributed by atoms with E-state index in [0.717, 1.165) is 0 Å². The van der Waals surface area contributed by atoms with Gasteiger partial charge in [-0.2, -0.15) is 12.6 Å². The van der Waals surface area contributed by atoms with E-state index in [1.54, 1.807) is 0 Å². The normalized spacial score (nSPS) is 14.1. The molecule has 0 aromatic carbocycles. The topological polar surface area (TPSA) is 254 Å². The lowest BCUT2D eigenvalue weighted by atomic mass is 10.1. The minimum atomic E-state index is -1.48. The van der Waals surface area contributed by atoms with Gasteiger partial charge in [-0.25, -0.2) is 9.78 Å². The molecule has 16 heteroatoms. The number of H-pyrrole nitrogens is 1. The Labute approximate surface area is 204 Å². The van der Waals surface area contributed by atoms with E-state index in [1.807, 2.05) is 0 Å². The van der Waals surface area contributed by atoms with Gasteiger partial charge in [-0.15, -0.1) is 0 Å². The summed E-state index contributed by atoms with van der Waals surface area (Å²) in [7, 11) is 0. The number of nitrogens with one attached hydrogen (secondary N) is 4. The molecule has 1 rings (SSSR count). The Bertz CT molecular complexity index is 911. The highest BCUT2D eigenvalue weighted by Gasteiger charge is 2.30. The number of aromatic nitrogens is 2. The third kappa shape index (κ3) is 10.9. The zero-order valence-corrected chi connectivity index (χ0v) is 19.4. The standard InChI is InChI=1S/C19H28N6O9S/c20-10(5-9-6-21-8-22-9)16(30)23-11(1-3-14(26)27)17(31)24-12(2-4-15(28)29)18(32)25-13(7-35)19(33)34/h6,8,10-13,35H,1-5,7,20H2,(H,21,22)(H,23,30)(H,24,31)(H,25,32)(H,26,27)(H,28,29)(H,33,34). The van der Waals surface area contributed by atoms with Crippen LogP contribution in [0.1, 0.15) is 31.4 Å². The first-order valence-corrected chi connectivity index (χ1v) is 11.0. The first-order chi connectivity index (χ1) is 16.4. The van der Waals surface area contributed by atoms with Crippen LogP contribution in [0.5, 0.6) is 0 Å². The highest BCUT2D eigenvalue weighted by molar-refractivity contribution is 7.80. The SMILES string of the molecule is NC(Cc1cnc[nH]1)C(=O)NC(CCC(=O)O)C(=O)NC(CCC(=O)O)C(=O)NC(CS)C(=O)O. The second kappa shape index (κ2) is 14.6. The Balaban J connectivity index is 2.97. The number of carbonyl (C=O) groups excluding carboxylic acids is 3. The maximum absolute atomic E-state index is 12.8. The average Bonchev–Trinajstić information content (AvgIpc) is 3.29. The fraction of sp³-hybridized carbons (Fsp3) is 0.526. The minimum absolute atomic E-state index is 0.0447. The maximum Gasteiger partial charge on any atom is 0.327 e. The van der Waals surface area contributed by atoms with Gasteiger partial charge in [0, 0.05) is 36.9 Å². The van der Waals surface area contributed by atoms with Gasteiger partial charge in [0.1, 0.15) is 18.1 Å². The summed E-state index contributed by atoms with van der Waals surface area (Å²) in [4.78, 5) is 77.6. The number of amides is 3. The van der Waals surface area contributed by atoms with Crippen molar-refractivity contribution in [3.8, 4) is 0 Å². The Morgan fingerprint density at radius 1 is 0.886 bits per heavy atom. The molecule has 0 saturated carbocycles. The predicted molar refractivity (Wildman–Crippen MR) is 121 cm³/mol. The molecule has 1 aromatic rings. The molecule has 0 bridgehead atoms. The number of carboxylic acid groups (broad SMARTS) is 3. The van der Waals surface area contributed by atoms with Crippen LogP contribution < -0.4 is 21.7 Å². The molecule has 0 spiro atoms. The number of thiol groups is 1. The van der Waals surface area contributed by atoms with Crippen LogP contribution in [-0.2, 0) is 35.2 Å². The largest absolute Gasteiger partial charge is 0.481 e. The number of carbonyl (C=O) groups is 6. The lowest BCUT2D eigenvalue weighted by molar-refractivity contribution is -0.142. The molecular formula is C19H28N6O9S. The molecular weight excluding hydrogens is 488 g/mol. The van der Waals surface area contributed by atoms with Gasteiger partial charge in [-0.3, -0.25) is 24.0 Å². The van der Waals surface area contributed by atoms with Crippen LogP contribution in [0.25, 0.3) is 0 Å². The van der Waals surface area contributed by atoms with E-state index in [4.69, 9.17) is 21.1 Å². The van der Waals surface area contributed by atoms with Crippen molar-refractivity contribution in [2.24, 2.45) is 5.73 Å². The van der Waals surface area contributed by atoms with E-state index < -0.39 is 79.1 Å². The van der Waals surface area contributed by atoms with Crippen molar-refractivity contribution in [2.75, 3.05) is 5.75 Å². The first kappa shape index (κ1) is 29.4. The number of carboxylic acids is 3. The molecule has 9 N–H and O–H groups in total. The molecule has 194 valence electrons. The fourth-order valence-corrected chi connectivity index (χ4v) is 3.06. The Hall–Kier alpha value is -3.66. The van der Waals surface area contributed by atoms with E-state index >= 15 is 0 Å². The Morgan fingerprint density at radius 2 is 1.37 bits per heavy atom.